The second-order valence-electron chi connectivity index (χ2n) is 3.79. The fourth-order valence-electron chi connectivity index (χ4n) is 1.11. The van der Waals surface area contributed by atoms with Crippen LogP contribution >= 0.6 is 0 Å². The van der Waals surface area contributed by atoms with E-state index in [1.54, 1.807) is 12.1 Å². The van der Waals surface area contributed by atoms with E-state index >= 15 is 0 Å². The van der Waals surface area contributed by atoms with E-state index in [0.29, 0.717) is 6.61 Å². The van der Waals surface area contributed by atoms with Crippen molar-refractivity contribution in [1.29, 1.82) is 0 Å². The average Bonchev–Trinajstić information content (AvgIpc) is 2.27. The number of carbonyl (C=O) groups is 1. The summed E-state index contributed by atoms with van der Waals surface area (Å²) in [6.07, 6.45) is 0. The van der Waals surface area contributed by atoms with Crippen molar-refractivity contribution in [3.63, 3.8) is 0 Å². The van der Waals surface area contributed by atoms with Crippen molar-refractivity contribution in [3.8, 4) is 5.75 Å². The van der Waals surface area contributed by atoms with Crippen LogP contribution in [0.5, 0.6) is 5.75 Å². The first-order valence-corrected chi connectivity index (χ1v) is 5.27. The maximum Gasteiger partial charge on any atom is 0.330 e. The SMILES string of the molecule is CN(C)CCOc1ccc(NNC(N)=O)cc1. The number of likely N-dealkylation sites (N-methyl/N-ethyl adjacent to an activating group) is 1. The molecule has 2 amide bonds. The number of hydrazine groups is 1. The number of nitrogens with one attached hydrogen (secondary N) is 2. The largest absolute Gasteiger partial charge is 0.492 e. The summed E-state index contributed by atoms with van der Waals surface area (Å²) < 4.78 is 5.52. The van der Waals surface area contributed by atoms with E-state index < -0.39 is 6.03 Å². The van der Waals surface area contributed by atoms with E-state index in [9.17, 15) is 4.79 Å². The summed E-state index contributed by atoms with van der Waals surface area (Å²) in [4.78, 5) is 12.5. The molecule has 1 aromatic rings. The summed E-state index contributed by atoms with van der Waals surface area (Å²) in [6, 6.07) is 6.60. The van der Waals surface area contributed by atoms with Gasteiger partial charge in [-0.15, -0.1) is 0 Å². The lowest BCUT2D eigenvalue weighted by molar-refractivity contribution is 0.250. The molecule has 94 valence electrons. The molecule has 1 aromatic carbocycles. The lowest BCUT2D eigenvalue weighted by Crippen LogP contribution is -2.34. The zero-order chi connectivity index (χ0) is 12.7. The molecule has 0 unspecified atom stereocenters. The minimum atomic E-state index is -0.628. The molecule has 0 heterocycles. The Bertz CT molecular complexity index is 351. The third-order valence-electron chi connectivity index (χ3n) is 1.99. The molecule has 0 fully saturated rings. The highest BCUT2D eigenvalue weighted by Crippen LogP contribution is 2.14. The smallest absolute Gasteiger partial charge is 0.330 e. The fraction of sp³-hybridized carbons (Fsp3) is 0.364. The fourth-order valence-corrected chi connectivity index (χ4v) is 1.11. The van der Waals surface area contributed by atoms with Crippen molar-refractivity contribution >= 4 is 11.7 Å². The predicted octanol–water partition coefficient (Wildman–Crippen LogP) is 0.622. The van der Waals surface area contributed by atoms with E-state index in [1.165, 1.54) is 0 Å². The molecule has 0 radical (unpaired) electrons. The molecule has 0 aliphatic carbocycles. The first-order valence-electron chi connectivity index (χ1n) is 5.27. The van der Waals surface area contributed by atoms with Crippen molar-refractivity contribution in [2.75, 3.05) is 32.7 Å². The average molecular weight is 238 g/mol. The minimum Gasteiger partial charge on any atom is -0.492 e. The number of ether oxygens (including phenoxy) is 1. The molecule has 0 atom stereocenters. The van der Waals surface area contributed by atoms with E-state index in [4.69, 9.17) is 10.5 Å². The van der Waals surface area contributed by atoms with Crippen molar-refractivity contribution in [1.82, 2.24) is 10.3 Å². The van der Waals surface area contributed by atoms with Crippen LogP contribution in [0.15, 0.2) is 24.3 Å². The number of rotatable bonds is 6. The molecule has 0 saturated heterocycles. The van der Waals surface area contributed by atoms with Crippen molar-refractivity contribution < 1.29 is 9.53 Å². The van der Waals surface area contributed by atoms with Crippen molar-refractivity contribution in [2.24, 2.45) is 5.73 Å². The molecule has 0 saturated carbocycles. The van der Waals surface area contributed by atoms with Gasteiger partial charge >= 0.3 is 6.03 Å². The van der Waals surface area contributed by atoms with Gasteiger partial charge in [0.05, 0.1) is 5.69 Å². The van der Waals surface area contributed by atoms with Crippen LogP contribution in [0.3, 0.4) is 0 Å². The number of anilines is 1. The Morgan fingerprint density at radius 1 is 1.35 bits per heavy atom. The monoisotopic (exact) mass is 238 g/mol. The van der Waals surface area contributed by atoms with Crippen LogP contribution in [0.1, 0.15) is 0 Å². The second-order valence-corrected chi connectivity index (χ2v) is 3.79. The molecule has 1 rings (SSSR count). The number of primary amides is 1. The highest BCUT2D eigenvalue weighted by molar-refractivity contribution is 5.73. The Balaban J connectivity index is 2.36. The number of nitrogens with two attached hydrogens (primary N) is 1. The number of benzene rings is 1. The van der Waals surface area contributed by atoms with Gasteiger partial charge in [-0.05, 0) is 38.4 Å². The Morgan fingerprint density at radius 3 is 2.53 bits per heavy atom. The summed E-state index contributed by atoms with van der Waals surface area (Å²) in [5, 5.41) is 0. The summed E-state index contributed by atoms with van der Waals surface area (Å²) in [7, 11) is 3.98. The first kappa shape index (κ1) is 13.1. The van der Waals surface area contributed by atoms with Crippen LogP contribution in [-0.4, -0.2) is 38.2 Å². The predicted molar refractivity (Wildman–Crippen MR) is 66.8 cm³/mol. The van der Waals surface area contributed by atoms with Crippen LogP contribution in [0, 0.1) is 0 Å². The Kier molecular flexibility index (Phi) is 5.09. The van der Waals surface area contributed by atoms with Gasteiger partial charge in [-0.3, -0.25) is 10.9 Å². The number of hydrogen-bond acceptors (Lipinski definition) is 4. The lowest BCUT2D eigenvalue weighted by Gasteiger charge is -2.11. The van der Waals surface area contributed by atoms with E-state index in [-0.39, 0.29) is 0 Å². The van der Waals surface area contributed by atoms with Gasteiger partial charge in [0.1, 0.15) is 12.4 Å². The van der Waals surface area contributed by atoms with Crippen LogP contribution in [-0.2, 0) is 0 Å². The molecule has 0 aliphatic rings. The zero-order valence-electron chi connectivity index (χ0n) is 10.1. The van der Waals surface area contributed by atoms with Gasteiger partial charge in [0, 0.05) is 6.54 Å². The molecule has 0 spiro atoms. The van der Waals surface area contributed by atoms with Gasteiger partial charge in [-0.25, -0.2) is 4.79 Å². The molecular formula is C11H18N4O2. The Morgan fingerprint density at radius 2 is 2.00 bits per heavy atom. The Labute approximate surface area is 101 Å². The topological polar surface area (TPSA) is 79.6 Å². The van der Waals surface area contributed by atoms with Crippen LogP contribution in [0.2, 0.25) is 0 Å². The molecule has 0 aromatic heterocycles. The van der Waals surface area contributed by atoms with Crippen LogP contribution < -0.4 is 21.3 Å². The van der Waals surface area contributed by atoms with E-state index in [1.807, 2.05) is 31.1 Å². The lowest BCUT2D eigenvalue weighted by atomic mass is 10.3. The van der Waals surface area contributed by atoms with Crippen molar-refractivity contribution in [2.45, 2.75) is 0 Å². The highest BCUT2D eigenvalue weighted by atomic mass is 16.5. The number of carbonyl (C=O) groups excluding carboxylic acids is 1. The van der Waals surface area contributed by atoms with Gasteiger partial charge in [0.25, 0.3) is 0 Å². The summed E-state index contributed by atoms with van der Waals surface area (Å²) >= 11 is 0. The quantitative estimate of drug-likeness (QED) is 0.635. The third-order valence-corrected chi connectivity index (χ3v) is 1.99. The normalized spacial score (nSPS) is 10.1. The van der Waals surface area contributed by atoms with Crippen LogP contribution in [0.4, 0.5) is 10.5 Å². The number of hydrogen-bond donors (Lipinski definition) is 3. The molecule has 17 heavy (non-hydrogen) atoms. The van der Waals surface area contributed by atoms with Gasteiger partial charge in [0.2, 0.25) is 0 Å². The molecule has 0 aliphatic heterocycles. The second kappa shape index (κ2) is 6.59. The summed E-state index contributed by atoms with van der Waals surface area (Å²) in [5.74, 6) is 0.788. The molecular weight excluding hydrogens is 220 g/mol. The van der Waals surface area contributed by atoms with Crippen molar-refractivity contribution in [3.05, 3.63) is 24.3 Å². The summed E-state index contributed by atoms with van der Waals surface area (Å²) in [6.45, 7) is 1.50. The number of nitrogens with zero attached hydrogens (tertiary/aromatic N) is 1. The van der Waals surface area contributed by atoms with Crippen LogP contribution in [0.25, 0.3) is 0 Å². The molecule has 0 bridgehead atoms. The van der Waals surface area contributed by atoms with Gasteiger partial charge in [0.15, 0.2) is 0 Å². The zero-order valence-corrected chi connectivity index (χ0v) is 10.1. The summed E-state index contributed by atoms with van der Waals surface area (Å²) in [5.41, 5.74) is 10.6. The molecule has 6 nitrogen and oxygen atoms in total. The molecule has 6 heteroatoms. The maximum absolute atomic E-state index is 10.5. The van der Waals surface area contributed by atoms with Gasteiger partial charge in [-0.2, -0.15) is 0 Å². The number of amides is 2. The van der Waals surface area contributed by atoms with Gasteiger partial charge < -0.3 is 15.4 Å². The van der Waals surface area contributed by atoms with E-state index in [0.717, 1.165) is 18.0 Å². The standard InChI is InChI=1S/C11H18N4O2/c1-15(2)7-8-17-10-5-3-9(4-6-10)13-14-11(12)16/h3-6,13H,7-8H2,1-2H3,(H3,12,14,16). The highest BCUT2D eigenvalue weighted by Gasteiger charge is 1.96. The van der Waals surface area contributed by atoms with E-state index in [2.05, 4.69) is 10.9 Å². The Hall–Kier alpha value is -1.95. The third kappa shape index (κ3) is 5.62. The number of urea groups is 1. The van der Waals surface area contributed by atoms with Gasteiger partial charge in [-0.1, -0.05) is 0 Å². The minimum absolute atomic E-state index is 0.628. The maximum atomic E-state index is 10.5. The molecule has 4 N–H and O–H groups in total. The first-order chi connectivity index (χ1) is 8.08.